The zero-order chi connectivity index (χ0) is 29.0. The molecule has 3 fully saturated rings. The summed E-state index contributed by atoms with van der Waals surface area (Å²) in [5, 5.41) is 7.17. The number of fused-ring (bicyclic) bond motifs is 5. The van der Waals surface area contributed by atoms with E-state index in [-0.39, 0.29) is 11.3 Å². The fourth-order valence-corrected chi connectivity index (χ4v) is 10.2. The monoisotopic (exact) mass is 557 g/mol. The molecule has 0 saturated heterocycles. The number of primary amides is 1. The van der Waals surface area contributed by atoms with Gasteiger partial charge >= 0.3 is 0 Å². The third-order valence-electron chi connectivity index (χ3n) is 12.7. The SMILES string of the molecule is CC(C)CCC[C@@H](C)[C@H]1CCC2C3CC=C4CC(NCCCNCCCCN)(C(N)=O)CC[C@]4(C)C3CC[C@@]21C. The molecule has 5 nitrogen and oxygen atoms in total. The Balaban J connectivity index is 1.38. The summed E-state index contributed by atoms with van der Waals surface area (Å²) in [4.78, 5) is 12.9. The van der Waals surface area contributed by atoms with Gasteiger partial charge in [-0.25, -0.2) is 0 Å². The summed E-state index contributed by atoms with van der Waals surface area (Å²) in [6, 6.07) is 0. The Labute approximate surface area is 246 Å². The average molecular weight is 557 g/mol. The molecular weight excluding hydrogens is 492 g/mol. The smallest absolute Gasteiger partial charge is 0.238 e. The molecule has 0 bridgehead atoms. The Bertz CT molecular complexity index is 871. The summed E-state index contributed by atoms with van der Waals surface area (Å²) in [7, 11) is 0. The molecule has 0 aliphatic heterocycles. The van der Waals surface area contributed by atoms with Crippen molar-refractivity contribution in [2.75, 3.05) is 26.2 Å². The van der Waals surface area contributed by atoms with Crippen LogP contribution in [0.15, 0.2) is 11.6 Å². The number of hydrogen-bond donors (Lipinski definition) is 4. The lowest BCUT2D eigenvalue weighted by Gasteiger charge is -2.59. The first kappa shape index (κ1) is 32.0. The van der Waals surface area contributed by atoms with Crippen molar-refractivity contribution >= 4 is 5.91 Å². The minimum atomic E-state index is -0.579. The Morgan fingerprint density at radius 3 is 2.45 bits per heavy atom. The van der Waals surface area contributed by atoms with E-state index in [0.717, 1.165) is 100 Å². The van der Waals surface area contributed by atoms with Gasteiger partial charge in [-0.2, -0.15) is 0 Å². The molecule has 4 aliphatic carbocycles. The van der Waals surface area contributed by atoms with Crippen LogP contribution in [0.25, 0.3) is 0 Å². The van der Waals surface area contributed by atoms with Gasteiger partial charge in [0.15, 0.2) is 0 Å². The third-order valence-corrected chi connectivity index (χ3v) is 12.7. The molecule has 8 atom stereocenters. The lowest BCUT2D eigenvalue weighted by molar-refractivity contribution is -0.127. The summed E-state index contributed by atoms with van der Waals surface area (Å²) in [5.41, 5.74) is 13.4. The number of hydrogen-bond acceptors (Lipinski definition) is 4. The molecular formula is C35H64N4O. The molecule has 40 heavy (non-hydrogen) atoms. The molecule has 0 radical (unpaired) electrons. The first-order valence-electron chi connectivity index (χ1n) is 17.2. The molecule has 4 rings (SSSR count). The second kappa shape index (κ2) is 13.6. The van der Waals surface area contributed by atoms with Gasteiger partial charge in [0.2, 0.25) is 5.91 Å². The number of rotatable bonds is 15. The van der Waals surface area contributed by atoms with Gasteiger partial charge in [0, 0.05) is 0 Å². The van der Waals surface area contributed by atoms with Gasteiger partial charge in [-0.15, -0.1) is 0 Å². The van der Waals surface area contributed by atoms with Crippen molar-refractivity contribution in [1.82, 2.24) is 10.6 Å². The number of amides is 1. The van der Waals surface area contributed by atoms with Crippen LogP contribution >= 0.6 is 0 Å². The van der Waals surface area contributed by atoms with E-state index < -0.39 is 5.54 Å². The molecule has 6 N–H and O–H groups in total. The normalized spacial score (nSPS) is 37.9. The highest BCUT2D eigenvalue weighted by atomic mass is 16.1. The van der Waals surface area contributed by atoms with Crippen LogP contribution in [0.4, 0.5) is 0 Å². The van der Waals surface area contributed by atoms with Gasteiger partial charge in [-0.1, -0.05) is 65.5 Å². The molecule has 230 valence electrons. The average Bonchev–Trinajstić information content (AvgIpc) is 3.27. The van der Waals surface area contributed by atoms with Gasteiger partial charge in [0.05, 0.1) is 0 Å². The maximum Gasteiger partial charge on any atom is 0.238 e. The largest absolute Gasteiger partial charge is 0.368 e. The standard InChI is InChI=1S/C35H64N4O/c1-25(2)10-8-11-26(3)29-14-15-30-28-13-12-27-24-35(32(37)40,39-23-9-22-38-21-7-6-20-36)19-18-33(27,4)31(28)16-17-34(29,30)5/h12,25-26,28-31,38-39H,6-11,13-24,36H2,1-5H3,(H2,37,40)/t26-,28?,29-,30?,31?,33+,34-,35?/m1/s1. The number of nitrogens with two attached hydrogens (primary N) is 2. The van der Waals surface area contributed by atoms with Gasteiger partial charge < -0.3 is 22.1 Å². The van der Waals surface area contributed by atoms with E-state index in [1.54, 1.807) is 0 Å². The Morgan fingerprint density at radius 1 is 0.950 bits per heavy atom. The van der Waals surface area contributed by atoms with E-state index in [1.165, 1.54) is 56.9 Å². The maximum absolute atomic E-state index is 12.9. The van der Waals surface area contributed by atoms with Crippen molar-refractivity contribution in [3.63, 3.8) is 0 Å². The van der Waals surface area contributed by atoms with E-state index in [9.17, 15) is 4.79 Å². The predicted molar refractivity (Wildman–Crippen MR) is 169 cm³/mol. The minimum absolute atomic E-state index is 0.158. The highest BCUT2D eigenvalue weighted by Crippen LogP contribution is 2.67. The van der Waals surface area contributed by atoms with E-state index in [1.807, 2.05) is 0 Å². The summed E-state index contributed by atoms with van der Waals surface area (Å²) in [5.74, 6) is 4.88. The Morgan fingerprint density at radius 2 is 1.73 bits per heavy atom. The van der Waals surface area contributed by atoms with Crippen molar-refractivity contribution in [1.29, 1.82) is 0 Å². The molecule has 3 saturated carbocycles. The van der Waals surface area contributed by atoms with Crippen molar-refractivity contribution in [3.8, 4) is 0 Å². The van der Waals surface area contributed by atoms with E-state index >= 15 is 0 Å². The molecule has 0 aromatic carbocycles. The van der Waals surface area contributed by atoms with Gasteiger partial charge in [-0.3, -0.25) is 4.79 Å². The summed E-state index contributed by atoms with van der Waals surface area (Å²) < 4.78 is 0. The van der Waals surface area contributed by atoms with Crippen molar-refractivity contribution in [2.24, 2.45) is 57.8 Å². The van der Waals surface area contributed by atoms with Crippen molar-refractivity contribution in [3.05, 3.63) is 11.6 Å². The minimum Gasteiger partial charge on any atom is -0.368 e. The zero-order valence-electron chi connectivity index (χ0n) is 26.8. The highest BCUT2D eigenvalue weighted by Gasteiger charge is 2.60. The maximum atomic E-state index is 12.9. The molecule has 4 aliphatic rings. The van der Waals surface area contributed by atoms with Crippen LogP contribution in [0.3, 0.4) is 0 Å². The molecule has 5 heteroatoms. The van der Waals surface area contributed by atoms with Crippen LogP contribution in [0.5, 0.6) is 0 Å². The lowest BCUT2D eigenvalue weighted by atomic mass is 9.46. The first-order valence-corrected chi connectivity index (χ1v) is 17.2. The Hall–Kier alpha value is -0.910. The molecule has 0 aromatic rings. The van der Waals surface area contributed by atoms with Gasteiger partial charge in [0.1, 0.15) is 5.54 Å². The fraction of sp³-hybridized carbons (Fsp3) is 0.914. The van der Waals surface area contributed by atoms with Crippen LogP contribution in [0, 0.1) is 46.3 Å². The topological polar surface area (TPSA) is 93.2 Å². The van der Waals surface area contributed by atoms with Crippen LogP contribution in [-0.2, 0) is 4.79 Å². The second-order valence-electron chi connectivity index (χ2n) is 15.4. The van der Waals surface area contributed by atoms with Crippen molar-refractivity contribution in [2.45, 2.75) is 130 Å². The predicted octanol–water partition coefficient (Wildman–Crippen LogP) is 6.56. The summed E-state index contributed by atoms with van der Waals surface area (Å²) in [6.45, 7) is 16.1. The molecule has 1 amide bonds. The number of unbranched alkanes of at least 4 members (excludes halogenated alkanes) is 1. The highest BCUT2D eigenvalue weighted by molar-refractivity contribution is 5.85. The van der Waals surface area contributed by atoms with Crippen LogP contribution in [-0.4, -0.2) is 37.6 Å². The fourth-order valence-electron chi connectivity index (χ4n) is 10.2. The second-order valence-corrected chi connectivity index (χ2v) is 15.4. The number of carbonyl (C=O) groups excluding carboxylic acids is 1. The number of allylic oxidation sites excluding steroid dienone is 1. The van der Waals surface area contributed by atoms with E-state index in [2.05, 4.69) is 51.3 Å². The number of nitrogens with one attached hydrogen (secondary N) is 2. The van der Waals surface area contributed by atoms with Crippen LogP contribution in [0.2, 0.25) is 0 Å². The molecule has 0 heterocycles. The molecule has 0 aromatic heterocycles. The van der Waals surface area contributed by atoms with Crippen molar-refractivity contribution < 1.29 is 4.79 Å². The summed E-state index contributed by atoms with van der Waals surface area (Å²) in [6.07, 6.45) is 19.6. The third kappa shape index (κ3) is 6.52. The van der Waals surface area contributed by atoms with E-state index in [4.69, 9.17) is 11.5 Å². The first-order chi connectivity index (χ1) is 19.1. The molecule has 0 spiro atoms. The van der Waals surface area contributed by atoms with Gasteiger partial charge in [-0.05, 0) is 143 Å². The quantitative estimate of drug-likeness (QED) is 0.136. The number of carbonyl (C=O) groups is 1. The zero-order valence-corrected chi connectivity index (χ0v) is 26.8. The van der Waals surface area contributed by atoms with Crippen LogP contribution in [0.1, 0.15) is 125 Å². The van der Waals surface area contributed by atoms with Crippen LogP contribution < -0.4 is 22.1 Å². The Kier molecular flexibility index (Phi) is 10.9. The van der Waals surface area contributed by atoms with Gasteiger partial charge in [0.25, 0.3) is 0 Å². The molecule has 4 unspecified atom stereocenters. The summed E-state index contributed by atoms with van der Waals surface area (Å²) >= 11 is 0. The van der Waals surface area contributed by atoms with E-state index in [0.29, 0.717) is 5.41 Å². The lowest BCUT2D eigenvalue weighted by Crippen LogP contribution is -2.61.